The molecule has 0 aliphatic heterocycles. The van der Waals surface area contributed by atoms with Crippen LogP contribution in [0.15, 0.2) is 78.9 Å². The number of aliphatic hydroxyl groups is 1. The molecule has 0 atom stereocenters. The fourth-order valence-electron chi connectivity index (χ4n) is 7.68. The predicted molar refractivity (Wildman–Crippen MR) is 128 cm³/mol. The van der Waals surface area contributed by atoms with Crippen molar-refractivity contribution in [3.8, 4) is 11.1 Å². The van der Waals surface area contributed by atoms with Gasteiger partial charge in [0, 0.05) is 0 Å². The van der Waals surface area contributed by atoms with Gasteiger partial charge >= 0.3 is 0 Å². The Hall–Kier alpha value is -2.64. The largest absolute Gasteiger partial charge is 0.385 e. The standard InChI is InChI=1S/C30H28O/c31-30(23-15-19-14-20(17-23)18-24(30)16-19)28-13-12-22-7-2-4-10-26(22)29(28)27-11-5-8-21-6-1-3-9-25(21)27/h1-13,19-20,23-24,31H,14-18H2. The van der Waals surface area contributed by atoms with Crippen molar-refractivity contribution in [1.82, 2.24) is 0 Å². The van der Waals surface area contributed by atoms with Gasteiger partial charge in [0.15, 0.2) is 0 Å². The third-order valence-electron chi connectivity index (χ3n) is 8.80. The first-order chi connectivity index (χ1) is 15.2. The van der Waals surface area contributed by atoms with Crippen molar-refractivity contribution in [1.29, 1.82) is 0 Å². The fraction of sp³-hybridized carbons (Fsp3) is 0.333. The summed E-state index contributed by atoms with van der Waals surface area (Å²) in [6.07, 6.45) is 6.20. The molecule has 4 bridgehead atoms. The van der Waals surface area contributed by atoms with Crippen LogP contribution in [0.1, 0.15) is 37.7 Å². The molecule has 0 spiro atoms. The maximum Gasteiger partial charge on any atom is 0.0959 e. The van der Waals surface area contributed by atoms with Crippen LogP contribution in [0.2, 0.25) is 0 Å². The van der Waals surface area contributed by atoms with E-state index >= 15 is 0 Å². The van der Waals surface area contributed by atoms with Crippen LogP contribution in [-0.2, 0) is 5.60 Å². The highest BCUT2D eigenvalue weighted by atomic mass is 16.3. The molecule has 1 heteroatoms. The molecule has 4 saturated carbocycles. The molecule has 0 saturated heterocycles. The van der Waals surface area contributed by atoms with Crippen molar-refractivity contribution in [3.05, 3.63) is 84.4 Å². The van der Waals surface area contributed by atoms with Crippen LogP contribution in [0.5, 0.6) is 0 Å². The Labute approximate surface area is 183 Å². The maximum atomic E-state index is 12.5. The monoisotopic (exact) mass is 404 g/mol. The molecule has 4 aromatic carbocycles. The van der Waals surface area contributed by atoms with Gasteiger partial charge in [0.2, 0.25) is 0 Å². The van der Waals surface area contributed by atoms with Crippen molar-refractivity contribution in [3.63, 3.8) is 0 Å². The number of rotatable bonds is 2. The molecule has 0 heterocycles. The smallest absolute Gasteiger partial charge is 0.0959 e. The summed E-state index contributed by atoms with van der Waals surface area (Å²) in [5.74, 6) is 2.48. The van der Waals surface area contributed by atoms with Gasteiger partial charge in [-0.25, -0.2) is 0 Å². The highest BCUT2D eigenvalue weighted by Gasteiger charge is 2.57. The number of fused-ring (bicyclic) bond motifs is 2. The van der Waals surface area contributed by atoms with E-state index in [2.05, 4.69) is 78.9 Å². The summed E-state index contributed by atoms with van der Waals surface area (Å²) in [6, 6.07) is 28.5. The first kappa shape index (κ1) is 18.0. The molecule has 0 unspecified atom stereocenters. The zero-order chi connectivity index (χ0) is 20.6. The lowest BCUT2D eigenvalue weighted by atomic mass is 9.48. The van der Waals surface area contributed by atoms with Gasteiger partial charge < -0.3 is 5.11 Å². The third-order valence-corrected chi connectivity index (χ3v) is 8.80. The maximum absolute atomic E-state index is 12.5. The SMILES string of the molecule is OC1(c2ccc3ccccc3c2-c2cccc3ccccc23)C2CC3CC(C2)CC1C3. The van der Waals surface area contributed by atoms with Crippen LogP contribution in [0.3, 0.4) is 0 Å². The molecule has 154 valence electrons. The zero-order valence-electron chi connectivity index (χ0n) is 17.8. The number of hydrogen-bond donors (Lipinski definition) is 1. The van der Waals surface area contributed by atoms with Crippen molar-refractivity contribution in [2.75, 3.05) is 0 Å². The van der Waals surface area contributed by atoms with Crippen LogP contribution < -0.4 is 0 Å². The van der Waals surface area contributed by atoms with E-state index in [0.717, 1.165) is 11.8 Å². The van der Waals surface area contributed by atoms with E-state index in [4.69, 9.17) is 0 Å². The summed E-state index contributed by atoms with van der Waals surface area (Å²) in [5.41, 5.74) is 2.98. The Bertz CT molecular complexity index is 1280. The molecule has 0 aromatic heterocycles. The molecular weight excluding hydrogens is 376 g/mol. The van der Waals surface area contributed by atoms with Gasteiger partial charge in [-0.2, -0.15) is 0 Å². The normalized spacial score (nSPS) is 31.5. The summed E-state index contributed by atoms with van der Waals surface area (Å²) in [4.78, 5) is 0. The Morgan fingerprint density at radius 1 is 0.581 bits per heavy atom. The first-order valence-electron chi connectivity index (χ1n) is 11.9. The van der Waals surface area contributed by atoms with Crippen LogP contribution in [0.4, 0.5) is 0 Å². The van der Waals surface area contributed by atoms with Crippen molar-refractivity contribution in [2.24, 2.45) is 23.7 Å². The molecule has 1 nitrogen and oxygen atoms in total. The number of hydrogen-bond acceptors (Lipinski definition) is 1. The second-order valence-corrected chi connectivity index (χ2v) is 10.4. The van der Waals surface area contributed by atoms with Crippen molar-refractivity contribution in [2.45, 2.75) is 37.7 Å². The van der Waals surface area contributed by atoms with E-state index in [9.17, 15) is 5.11 Å². The second-order valence-electron chi connectivity index (χ2n) is 10.4. The molecular formula is C30H28O. The minimum Gasteiger partial charge on any atom is -0.385 e. The summed E-state index contributed by atoms with van der Waals surface area (Å²) < 4.78 is 0. The van der Waals surface area contributed by atoms with Gasteiger partial charge in [0.05, 0.1) is 5.60 Å². The Kier molecular flexibility index (Phi) is 3.73. The topological polar surface area (TPSA) is 20.2 Å². The second kappa shape index (κ2) is 6.43. The minimum atomic E-state index is -0.705. The van der Waals surface area contributed by atoms with E-state index in [0.29, 0.717) is 11.8 Å². The average molecular weight is 405 g/mol. The molecule has 31 heavy (non-hydrogen) atoms. The molecule has 4 aliphatic carbocycles. The molecule has 0 radical (unpaired) electrons. The minimum absolute atomic E-state index is 0.402. The fourth-order valence-corrected chi connectivity index (χ4v) is 7.68. The van der Waals surface area contributed by atoms with Gasteiger partial charge in [-0.3, -0.25) is 0 Å². The third kappa shape index (κ3) is 2.47. The first-order valence-corrected chi connectivity index (χ1v) is 11.9. The molecule has 4 aliphatic rings. The summed E-state index contributed by atoms with van der Waals surface area (Å²) >= 11 is 0. The highest BCUT2D eigenvalue weighted by molar-refractivity contribution is 6.06. The van der Waals surface area contributed by atoms with Gasteiger partial charge in [0.1, 0.15) is 0 Å². The lowest BCUT2D eigenvalue weighted by Crippen LogP contribution is -2.55. The number of benzene rings is 4. The van der Waals surface area contributed by atoms with Crippen molar-refractivity contribution < 1.29 is 5.11 Å². The van der Waals surface area contributed by atoms with E-state index in [1.165, 1.54) is 70.3 Å². The quantitative estimate of drug-likeness (QED) is 0.371. The van der Waals surface area contributed by atoms with Gasteiger partial charge in [-0.1, -0.05) is 78.9 Å². The molecule has 4 fully saturated rings. The van der Waals surface area contributed by atoms with Crippen LogP contribution in [0.25, 0.3) is 32.7 Å². The van der Waals surface area contributed by atoms with Crippen LogP contribution in [0, 0.1) is 23.7 Å². The van der Waals surface area contributed by atoms with Gasteiger partial charge in [-0.05, 0) is 94.0 Å². The molecule has 8 rings (SSSR count). The van der Waals surface area contributed by atoms with Crippen LogP contribution >= 0.6 is 0 Å². The van der Waals surface area contributed by atoms with E-state index in [1.807, 2.05) is 0 Å². The van der Waals surface area contributed by atoms with E-state index < -0.39 is 5.60 Å². The average Bonchev–Trinajstić information content (AvgIpc) is 2.81. The Morgan fingerprint density at radius 2 is 1.16 bits per heavy atom. The van der Waals surface area contributed by atoms with Gasteiger partial charge in [-0.15, -0.1) is 0 Å². The van der Waals surface area contributed by atoms with Crippen LogP contribution in [-0.4, -0.2) is 5.11 Å². The van der Waals surface area contributed by atoms with E-state index in [1.54, 1.807) is 0 Å². The Morgan fingerprint density at radius 3 is 1.87 bits per heavy atom. The van der Waals surface area contributed by atoms with E-state index in [-0.39, 0.29) is 0 Å². The highest BCUT2D eigenvalue weighted by Crippen LogP contribution is 2.63. The lowest BCUT2D eigenvalue weighted by Gasteiger charge is -2.59. The molecule has 4 aromatic rings. The lowest BCUT2D eigenvalue weighted by molar-refractivity contribution is -0.179. The summed E-state index contributed by atoms with van der Waals surface area (Å²) in [6.45, 7) is 0. The zero-order valence-corrected chi connectivity index (χ0v) is 17.8. The summed E-state index contributed by atoms with van der Waals surface area (Å²) in [5, 5.41) is 17.6. The molecule has 1 N–H and O–H groups in total. The Balaban J connectivity index is 1.55. The van der Waals surface area contributed by atoms with Crippen molar-refractivity contribution >= 4 is 21.5 Å². The van der Waals surface area contributed by atoms with Gasteiger partial charge in [0.25, 0.3) is 0 Å². The predicted octanol–water partition coefficient (Wildman–Crippen LogP) is 7.30. The summed E-state index contributed by atoms with van der Waals surface area (Å²) in [7, 11) is 0. The molecule has 0 amide bonds.